The van der Waals surface area contributed by atoms with Gasteiger partial charge in [0.1, 0.15) is 12.2 Å². The third-order valence-corrected chi connectivity index (χ3v) is 8.25. The van der Waals surface area contributed by atoms with E-state index >= 15 is 0 Å². The molecule has 4 heteroatoms. The lowest BCUT2D eigenvalue weighted by Crippen LogP contribution is -2.58. The van der Waals surface area contributed by atoms with Crippen molar-refractivity contribution in [3.8, 4) is 0 Å². The fraction of sp³-hybridized carbons (Fsp3) is 0.955. The summed E-state index contributed by atoms with van der Waals surface area (Å²) in [4.78, 5) is 12.0. The molecule has 3 rings (SSSR count). The number of hydrogen-bond acceptors (Lipinski definition) is 4. The first-order chi connectivity index (χ1) is 11.7. The SMILES string of the molecule is CCC(C)(C)CC(C)(C(C)(C)C)C(C)(O)OC1C2CC3C(=O)OC1C3C2. The minimum atomic E-state index is -1.29. The lowest BCUT2D eigenvalue weighted by molar-refractivity contribution is -0.321. The van der Waals surface area contributed by atoms with E-state index in [0.717, 1.165) is 25.7 Å². The van der Waals surface area contributed by atoms with E-state index in [2.05, 4.69) is 48.5 Å². The quantitative estimate of drug-likeness (QED) is 0.554. The van der Waals surface area contributed by atoms with Gasteiger partial charge in [-0.15, -0.1) is 0 Å². The van der Waals surface area contributed by atoms with Crippen LogP contribution >= 0.6 is 0 Å². The van der Waals surface area contributed by atoms with Crippen LogP contribution in [-0.4, -0.2) is 29.1 Å². The Balaban J connectivity index is 1.86. The van der Waals surface area contributed by atoms with Crippen molar-refractivity contribution < 1.29 is 19.4 Å². The van der Waals surface area contributed by atoms with Crippen molar-refractivity contribution in [1.82, 2.24) is 0 Å². The molecule has 2 saturated carbocycles. The maximum atomic E-state index is 12.0. The first-order valence-corrected chi connectivity index (χ1v) is 10.3. The molecule has 4 nitrogen and oxygen atoms in total. The summed E-state index contributed by atoms with van der Waals surface area (Å²) < 4.78 is 12.1. The number of carbonyl (C=O) groups is 1. The normalized spacial score (nSPS) is 38.2. The van der Waals surface area contributed by atoms with Crippen LogP contribution in [0.15, 0.2) is 0 Å². The Morgan fingerprint density at radius 3 is 2.27 bits per heavy atom. The van der Waals surface area contributed by atoms with E-state index in [1.165, 1.54) is 0 Å². The predicted octanol–water partition coefficient (Wildman–Crippen LogP) is 4.54. The molecule has 26 heavy (non-hydrogen) atoms. The third kappa shape index (κ3) is 2.92. The molecule has 2 bridgehead atoms. The molecule has 2 aliphatic carbocycles. The summed E-state index contributed by atoms with van der Waals surface area (Å²) in [5, 5.41) is 11.6. The fourth-order valence-electron chi connectivity index (χ4n) is 5.67. The van der Waals surface area contributed by atoms with Crippen LogP contribution in [0.25, 0.3) is 0 Å². The van der Waals surface area contributed by atoms with Crippen LogP contribution < -0.4 is 0 Å². The van der Waals surface area contributed by atoms with E-state index in [1.807, 2.05) is 6.92 Å². The first-order valence-electron chi connectivity index (χ1n) is 10.3. The molecule has 0 spiro atoms. The highest BCUT2D eigenvalue weighted by Crippen LogP contribution is 2.59. The van der Waals surface area contributed by atoms with Crippen LogP contribution in [0.5, 0.6) is 0 Å². The number of fused-ring (bicyclic) bond motifs is 1. The van der Waals surface area contributed by atoms with Crippen molar-refractivity contribution in [2.75, 3.05) is 0 Å². The van der Waals surface area contributed by atoms with Gasteiger partial charge in [-0.2, -0.15) is 0 Å². The van der Waals surface area contributed by atoms with Gasteiger partial charge in [-0.25, -0.2) is 0 Å². The van der Waals surface area contributed by atoms with Gasteiger partial charge in [-0.05, 0) is 42.9 Å². The fourth-order valence-corrected chi connectivity index (χ4v) is 5.67. The Morgan fingerprint density at radius 1 is 1.12 bits per heavy atom. The molecule has 0 aromatic heterocycles. The van der Waals surface area contributed by atoms with E-state index in [0.29, 0.717) is 11.8 Å². The molecule has 0 aromatic rings. The summed E-state index contributed by atoms with van der Waals surface area (Å²) >= 11 is 0. The second-order valence-electron chi connectivity index (χ2n) is 11.2. The number of esters is 1. The second kappa shape index (κ2) is 5.94. The number of rotatable bonds is 6. The summed E-state index contributed by atoms with van der Waals surface area (Å²) in [6.45, 7) is 17.2. The van der Waals surface area contributed by atoms with E-state index in [9.17, 15) is 9.90 Å². The van der Waals surface area contributed by atoms with Gasteiger partial charge in [0, 0.05) is 11.3 Å². The maximum Gasteiger partial charge on any atom is 0.309 e. The molecule has 1 N–H and O–H groups in total. The molecule has 0 aromatic carbocycles. The number of ether oxygens (including phenoxy) is 2. The van der Waals surface area contributed by atoms with Crippen molar-refractivity contribution >= 4 is 5.97 Å². The number of carbonyl (C=O) groups excluding carboxylic acids is 1. The molecule has 0 amide bonds. The van der Waals surface area contributed by atoms with Gasteiger partial charge in [0.05, 0.1) is 5.92 Å². The Hall–Kier alpha value is -0.610. The Bertz CT molecular complexity index is 573. The zero-order valence-electron chi connectivity index (χ0n) is 17.9. The Labute approximate surface area is 159 Å². The minimum absolute atomic E-state index is 0.0565. The zero-order chi connectivity index (χ0) is 19.7. The monoisotopic (exact) mass is 366 g/mol. The van der Waals surface area contributed by atoms with E-state index in [-0.39, 0.29) is 34.9 Å². The van der Waals surface area contributed by atoms with Crippen molar-refractivity contribution in [2.24, 2.45) is 34.0 Å². The van der Waals surface area contributed by atoms with E-state index < -0.39 is 11.2 Å². The van der Waals surface area contributed by atoms with Gasteiger partial charge < -0.3 is 14.6 Å². The highest BCUT2D eigenvalue weighted by molar-refractivity contribution is 5.76. The summed E-state index contributed by atoms with van der Waals surface area (Å²) in [6, 6.07) is 0. The highest BCUT2D eigenvalue weighted by Gasteiger charge is 2.65. The molecule has 1 heterocycles. The van der Waals surface area contributed by atoms with Gasteiger partial charge in [0.25, 0.3) is 0 Å². The molecule has 3 fully saturated rings. The topological polar surface area (TPSA) is 55.8 Å². The van der Waals surface area contributed by atoms with Gasteiger partial charge in [0.15, 0.2) is 5.79 Å². The average molecular weight is 367 g/mol. The molecular weight excluding hydrogens is 328 g/mol. The van der Waals surface area contributed by atoms with Gasteiger partial charge >= 0.3 is 5.97 Å². The molecule has 7 unspecified atom stereocenters. The molecule has 1 saturated heterocycles. The van der Waals surface area contributed by atoms with Gasteiger partial charge in [0.2, 0.25) is 0 Å². The Kier molecular flexibility index (Phi) is 4.60. The van der Waals surface area contributed by atoms with Gasteiger partial charge in [-0.1, -0.05) is 54.9 Å². The number of aliphatic hydroxyl groups is 1. The molecule has 0 radical (unpaired) electrons. The summed E-state index contributed by atoms with van der Waals surface area (Å²) in [6.07, 6.45) is 3.42. The third-order valence-electron chi connectivity index (χ3n) is 8.25. The maximum absolute atomic E-state index is 12.0. The van der Waals surface area contributed by atoms with Crippen molar-refractivity contribution in [3.63, 3.8) is 0 Å². The standard InChI is InChI=1S/C22H38O4/c1-9-20(5,6)12-21(7,19(2,3)4)22(8,24)26-16-13-10-14-15(11-13)18(23)25-17(14)16/h13-17,24H,9-12H2,1-8H3. The van der Waals surface area contributed by atoms with Crippen LogP contribution in [-0.2, 0) is 14.3 Å². The Morgan fingerprint density at radius 2 is 1.73 bits per heavy atom. The molecule has 7 atom stereocenters. The average Bonchev–Trinajstić information content (AvgIpc) is 3.10. The highest BCUT2D eigenvalue weighted by atomic mass is 16.7. The van der Waals surface area contributed by atoms with E-state index in [1.54, 1.807) is 0 Å². The lowest BCUT2D eigenvalue weighted by Gasteiger charge is -2.55. The predicted molar refractivity (Wildman–Crippen MR) is 101 cm³/mol. The van der Waals surface area contributed by atoms with Crippen molar-refractivity contribution in [2.45, 2.75) is 99.1 Å². The van der Waals surface area contributed by atoms with Crippen LogP contribution in [0.1, 0.15) is 81.1 Å². The molecule has 3 aliphatic rings. The van der Waals surface area contributed by atoms with Crippen LogP contribution in [0.2, 0.25) is 0 Å². The van der Waals surface area contributed by atoms with Crippen LogP contribution in [0.3, 0.4) is 0 Å². The lowest BCUT2D eigenvalue weighted by atomic mass is 9.56. The summed E-state index contributed by atoms with van der Waals surface area (Å²) in [5.74, 6) is -0.656. The molecule has 1 aliphatic heterocycles. The second-order valence-corrected chi connectivity index (χ2v) is 11.2. The number of hydrogen-bond donors (Lipinski definition) is 1. The minimum Gasteiger partial charge on any atom is -0.459 e. The molecule has 150 valence electrons. The first kappa shape index (κ1) is 20.1. The van der Waals surface area contributed by atoms with Crippen molar-refractivity contribution in [3.05, 3.63) is 0 Å². The largest absolute Gasteiger partial charge is 0.459 e. The van der Waals surface area contributed by atoms with Crippen LogP contribution in [0, 0.1) is 34.0 Å². The summed E-state index contributed by atoms with van der Waals surface area (Å²) in [7, 11) is 0. The molecular formula is C22H38O4. The van der Waals surface area contributed by atoms with E-state index in [4.69, 9.17) is 9.47 Å². The van der Waals surface area contributed by atoms with Gasteiger partial charge in [-0.3, -0.25) is 4.79 Å². The van der Waals surface area contributed by atoms with Crippen molar-refractivity contribution in [1.29, 1.82) is 0 Å². The smallest absolute Gasteiger partial charge is 0.309 e. The van der Waals surface area contributed by atoms with Crippen LogP contribution in [0.4, 0.5) is 0 Å². The summed E-state index contributed by atoms with van der Waals surface area (Å²) in [5.41, 5.74) is -0.478. The zero-order valence-corrected chi connectivity index (χ0v) is 17.9.